The number of hydrogen-bond donors (Lipinski definition) is 0. The summed E-state index contributed by atoms with van der Waals surface area (Å²) in [5, 5.41) is 1.23. The number of rotatable bonds is 0. The molecule has 15 heavy (non-hydrogen) atoms. The van der Waals surface area contributed by atoms with Crippen LogP contribution in [0.1, 0.15) is 16.3 Å². The van der Waals surface area contributed by atoms with Gasteiger partial charge in [0.2, 0.25) is 0 Å². The quantitative estimate of drug-likeness (QED) is 0.569. The van der Waals surface area contributed by atoms with E-state index in [1.807, 2.05) is 18.3 Å². The Kier molecular flexibility index (Phi) is 1.68. The highest BCUT2D eigenvalue weighted by molar-refractivity contribution is 7.19. The van der Waals surface area contributed by atoms with Crippen molar-refractivity contribution in [1.29, 1.82) is 0 Å². The molecule has 0 aliphatic rings. The van der Waals surface area contributed by atoms with Crippen LogP contribution in [0.15, 0.2) is 16.5 Å². The standard InChI is InChI=1S/C12H11NOS/c1-6-4-10-11(13-8(3)14-10)9-5-7(2)15-12(6)9/h4-5H,1-3H3. The summed E-state index contributed by atoms with van der Waals surface area (Å²) in [7, 11) is 0. The zero-order valence-corrected chi connectivity index (χ0v) is 9.73. The molecule has 0 fully saturated rings. The van der Waals surface area contributed by atoms with Crippen molar-refractivity contribution in [3.8, 4) is 0 Å². The summed E-state index contributed by atoms with van der Waals surface area (Å²) in [5.74, 6) is 0.737. The highest BCUT2D eigenvalue weighted by Crippen LogP contribution is 2.34. The second-order valence-electron chi connectivity index (χ2n) is 3.87. The molecule has 3 rings (SSSR count). The molecule has 0 atom stereocenters. The Hall–Kier alpha value is -1.35. The topological polar surface area (TPSA) is 26.0 Å². The molecular formula is C12H11NOS. The van der Waals surface area contributed by atoms with Gasteiger partial charge in [0.15, 0.2) is 11.5 Å². The van der Waals surface area contributed by atoms with Crippen LogP contribution in [0, 0.1) is 20.8 Å². The highest BCUT2D eigenvalue weighted by Gasteiger charge is 2.11. The molecule has 0 saturated carbocycles. The summed E-state index contributed by atoms with van der Waals surface area (Å²) in [6, 6.07) is 4.27. The molecule has 0 unspecified atom stereocenters. The third-order valence-corrected chi connectivity index (χ3v) is 3.76. The van der Waals surface area contributed by atoms with Gasteiger partial charge in [0, 0.05) is 21.9 Å². The molecule has 76 valence electrons. The van der Waals surface area contributed by atoms with Crippen LogP contribution >= 0.6 is 11.3 Å². The molecule has 2 heterocycles. The molecule has 0 bridgehead atoms. The number of hydrogen-bond acceptors (Lipinski definition) is 3. The van der Waals surface area contributed by atoms with E-state index in [0.29, 0.717) is 0 Å². The molecule has 0 aliphatic heterocycles. The largest absolute Gasteiger partial charge is 0.441 e. The van der Waals surface area contributed by atoms with Crippen molar-refractivity contribution in [2.24, 2.45) is 0 Å². The summed E-state index contributed by atoms with van der Waals surface area (Å²) < 4.78 is 6.89. The minimum absolute atomic E-state index is 0.737. The molecule has 3 aromatic rings. The minimum atomic E-state index is 0.737. The number of benzene rings is 1. The Labute approximate surface area is 91.5 Å². The molecule has 0 saturated heterocycles. The Morgan fingerprint density at radius 1 is 1.20 bits per heavy atom. The first-order valence-corrected chi connectivity index (χ1v) is 5.73. The van der Waals surface area contributed by atoms with Crippen molar-refractivity contribution in [3.63, 3.8) is 0 Å². The fourth-order valence-electron chi connectivity index (χ4n) is 1.98. The predicted molar refractivity (Wildman–Crippen MR) is 63.6 cm³/mol. The van der Waals surface area contributed by atoms with E-state index in [2.05, 4.69) is 31.0 Å². The smallest absolute Gasteiger partial charge is 0.192 e. The normalized spacial score (nSPS) is 11.7. The van der Waals surface area contributed by atoms with E-state index in [1.165, 1.54) is 20.5 Å². The molecule has 0 aliphatic carbocycles. The number of thiophene rings is 1. The molecule has 3 heteroatoms. The van der Waals surface area contributed by atoms with Gasteiger partial charge in [-0.15, -0.1) is 11.3 Å². The Balaban J connectivity index is 2.61. The zero-order chi connectivity index (χ0) is 10.6. The second kappa shape index (κ2) is 2.83. The van der Waals surface area contributed by atoms with Crippen LogP contribution in [-0.4, -0.2) is 4.98 Å². The molecule has 1 aromatic carbocycles. The van der Waals surface area contributed by atoms with Gasteiger partial charge in [-0.1, -0.05) is 0 Å². The molecule has 0 spiro atoms. The van der Waals surface area contributed by atoms with Gasteiger partial charge in [0.25, 0.3) is 0 Å². The number of aryl methyl sites for hydroxylation is 3. The van der Waals surface area contributed by atoms with Crippen molar-refractivity contribution >= 4 is 32.5 Å². The third-order valence-electron chi connectivity index (χ3n) is 2.58. The van der Waals surface area contributed by atoms with Crippen LogP contribution < -0.4 is 0 Å². The second-order valence-corrected chi connectivity index (χ2v) is 5.13. The third kappa shape index (κ3) is 1.20. The van der Waals surface area contributed by atoms with Gasteiger partial charge >= 0.3 is 0 Å². The van der Waals surface area contributed by atoms with Crippen molar-refractivity contribution in [2.45, 2.75) is 20.8 Å². The first kappa shape index (κ1) is 8.92. The van der Waals surface area contributed by atoms with E-state index in [9.17, 15) is 0 Å². The maximum Gasteiger partial charge on any atom is 0.192 e. The van der Waals surface area contributed by atoms with Gasteiger partial charge in [-0.25, -0.2) is 4.98 Å². The first-order chi connectivity index (χ1) is 7.15. The van der Waals surface area contributed by atoms with Crippen LogP contribution in [0.5, 0.6) is 0 Å². The van der Waals surface area contributed by atoms with Crippen molar-refractivity contribution in [1.82, 2.24) is 4.98 Å². The fourth-order valence-corrected chi connectivity index (χ4v) is 2.96. The SMILES string of the molecule is Cc1nc2c(cc(C)c3sc(C)cc32)o1. The van der Waals surface area contributed by atoms with Gasteiger partial charge in [-0.2, -0.15) is 0 Å². The Morgan fingerprint density at radius 2 is 2.00 bits per heavy atom. The van der Waals surface area contributed by atoms with Crippen molar-refractivity contribution in [3.05, 3.63) is 28.5 Å². The molecular weight excluding hydrogens is 206 g/mol. The van der Waals surface area contributed by atoms with Crippen LogP contribution in [0.2, 0.25) is 0 Å². The summed E-state index contributed by atoms with van der Waals surface area (Å²) in [4.78, 5) is 5.76. The van der Waals surface area contributed by atoms with Gasteiger partial charge in [-0.3, -0.25) is 0 Å². The first-order valence-electron chi connectivity index (χ1n) is 4.92. The number of nitrogens with zero attached hydrogens (tertiary/aromatic N) is 1. The van der Waals surface area contributed by atoms with Crippen LogP contribution in [-0.2, 0) is 0 Å². The van der Waals surface area contributed by atoms with E-state index < -0.39 is 0 Å². The fraction of sp³-hybridized carbons (Fsp3) is 0.250. The molecule has 0 N–H and O–H groups in total. The van der Waals surface area contributed by atoms with Crippen LogP contribution in [0.4, 0.5) is 0 Å². The van der Waals surface area contributed by atoms with E-state index in [0.717, 1.165) is 17.0 Å². The Bertz CT molecular complexity index is 663. The van der Waals surface area contributed by atoms with E-state index in [4.69, 9.17) is 4.42 Å². The number of fused-ring (bicyclic) bond motifs is 3. The van der Waals surface area contributed by atoms with Gasteiger partial charge in [-0.05, 0) is 31.5 Å². The predicted octanol–water partition coefficient (Wildman–Crippen LogP) is 3.97. The highest BCUT2D eigenvalue weighted by atomic mass is 32.1. The molecule has 0 radical (unpaired) electrons. The summed E-state index contributed by atoms with van der Waals surface area (Å²) in [6.07, 6.45) is 0. The molecule has 2 nitrogen and oxygen atoms in total. The lowest BCUT2D eigenvalue weighted by molar-refractivity contribution is 0.561. The summed E-state index contributed by atoms with van der Waals surface area (Å²) in [6.45, 7) is 6.14. The lowest BCUT2D eigenvalue weighted by Gasteiger charge is -1.94. The van der Waals surface area contributed by atoms with Crippen molar-refractivity contribution in [2.75, 3.05) is 0 Å². The summed E-state index contributed by atoms with van der Waals surface area (Å²) in [5.41, 5.74) is 3.17. The maximum atomic E-state index is 5.56. The monoisotopic (exact) mass is 217 g/mol. The van der Waals surface area contributed by atoms with Crippen molar-refractivity contribution < 1.29 is 4.42 Å². The van der Waals surface area contributed by atoms with Crippen LogP contribution in [0.3, 0.4) is 0 Å². The van der Waals surface area contributed by atoms with Gasteiger partial charge in [0.1, 0.15) is 5.52 Å². The average molecular weight is 217 g/mol. The Morgan fingerprint density at radius 3 is 2.80 bits per heavy atom. The minimum Gasteiger partial charge on any atom is -0.441 e. The number of oxazole rings is 1. The van der Waals surface area contributed by atoms with Gasteiger partial charge < -0.3 is 4.42 Å². The van der Waals surface area contributed by atoms with E-state index in [-0.39, 0.29) is 0 Å². The van der Waals surface area contributed by atoms with Crippen LogP contribution in [0.25, 0.3) is 21.2 Å². The zero-order valence-electron chi connectivity index (χ0n) is 8.92. The summed E-state index contributed by atoms with van der Waals surface area (Å²) >= 11 is 1.82. The number of aromatic nitrogens is 1. The lowest BCUT2D eigenvalue weighted by Crippen LogP contribution is -1.74. The van der Waals surface area contributed by atoms with E-state index in [1.54, 1.807) is 0 Å². The van der Waals surface area contributed by atoms with Gasteiger partial charge in [0.05, 0.1) is 0 Å². The molecule has 0 amide bonds. The van der Waals surface area contributed by atoms with E-state index >= 15 is 0 Å². The lowest BCUT2D eigenvalue weighted by atomic mass is 10.1. The average Bonchev–Trinajstić information content (AvgIpc) is 2.68. The maximum absolute atomic E-state index is 5.56. The molecule has 2 aromatic heterocycles.